The average Bonchev–Trinajstić information content (AvgIpc) is 2.88. The summed E-state index contributed by atoms with van der Waals surface area (Å²) in [7, 11) is 0. The molecule has 0 aliphatic carbocycles. The fourth-order valence-corrected chi connectivity index (χ4v) is 3.00. The van der Waals surface area contributed by atoms with Crippen LogP contribution in [-0.2, 0) is 11.3 Å². The Balaban J connectivity index is 1.77. The first-order chi connectivity index (χ1) is 8.74. The maximum Gasteiger partial charge on any atom is 0.255 e. The van der Waals surface area contributed by atoms with E-state index in [0.29, 0.717) is 11.8 Å². The van der Waals surface area contributed by atoms with Crippen molar-refractivity contribution >= 4 is 17.7 Å². The van der Waals surface area contributed by atoms with Gasteiger partial charge in [0.2, 0.25) is 0 Å². The van der Waals surface area contributed by atoms with Gasteiger partial charge in [-0.25, -0.2) is 0 Å². The number of benzene rings is 1. The van der Waals surface area contributed by atoms with E-state index < -0.39 is 5.91 Å². The third-order valence-electron chi connectivity index (χ3n) is 2.83. The molecule has 1 aromatic rings. The van der Waals surface area contributed by atoms with E-state index in [4.69, 9.17) is 10.5 Å². The molecular formula is C13H18N2O2S. The maximum atomic E-state index is 10.6. The Hall–Kier alpha value is -1.20. The molecule has 4 nitrogen and oxygen atoms in total. The zero-order valence-corrected chi connectivity index (χ0v) is 11.0. The molecule has 0 aromatic heterocycles. The Labute approximate surface area is 111 Å². The maximum absolute atomic E-state index is 10.6. The van der Waals surface area contributed by atoms with E-state index in [-0.39, 0.29) is 6.61 Å². The lowest BCUT2D eigenvalue weighted by Crippen LogP contribution is -2.27. The average molecular weight is 266 g/mol. The number of carbonyl (C=O) groups excluding carboxylic acids is 1. The van der Waals surface area contributed by atoms with Crippen molar-refractivity contribution in [1.29, 1.82) is 0 Å². The normalized spacial score (nSPS) is 18.8. The van der Waals surface area contributed by atoms with Crippen molar-refractivity contribution in [3.8, 4) is 5.75 Å². The Bertz CT molecular complexity index is 388. The minimum Gasteiger partial charge on any atom is -0.484 e. The van der Waals surface area contributed by atoms with Crippen LogP contribution >= 0.6 is 11.8 Å². The molecule has 1 aromatic carbocycles. The van der Waals surface area contributed by atoms with Crippen LogP contribution in [0, 0.1) is 0 Å². The van der Waals surface area contributed by atoms with Gasteiger partial charge in [0.25, 0.3) is 5.91 Å². The number of carbonyl (C=O) groups is 1. The molecule has 98 valence electrons. The van der Waals surface area contributed by atoms with Crippen LogP contribution in [0.15, 0.2) is 24.3 Å². The number of hydrogen-bond acceptors (Lipinski definition) is 4. The minimum atomic E-state index is -0.459. The number of nitrogens with two attached hydrogens (primary N) is 1. The van der Waals surface area contributed by atoms with Gasteiger partial charge in [0.15, 0.2) is 6.61 Å². The van der Waals surface area contributed by atoms with Gasteiger partial charge < -0.3 is 15.8 Å². The van der Waals surface area contributed by atoms with E-state index in [1.807, 2.05) is 36.0 Å². The van der Waals surface area contributed by atoms with Gasteiger partial charge in [0, 0.05) is 18.3 Å². The molecule has 1 unspecified atom stereocenters. The molecule has 2 rings (SSSR count). The van der Waals surface area contributed by atoms with Crippen LogP contribution in [0.1, 0.15) is 12.0 Å². The van der Waals surface area contributed by atoms with E-state index in [2.05, 4.69) is 5.32 Å². The largest absolute Gasteiger partial charge is 0.484 e. The van der Waals surface area contributed by atoms with Gasteiger partial charge in [-0.2, -0.15) is 11.8 Å². The number of primary amides is 1. The number of amides is 1. The molecule has 5 heteroatoms. The zero-order valence-electron chi connectivity index (χ0n) is 10.2. The van der Waals surface area contributed by atoms with Gasteiger partial charge in [-0.05, 0) is 29.9 Å². The van der Waals surface area contributed by atoms with Crippen LogP contribution in [0.5, 0.6) is 5.75 Å². The first-order valence-electron chi connectivity index (χ1n) is 6.05. The standard InChI is InChI=1S/C13H18N2O2S/c14-13(16)8-17-12-3-1-10(2-4-12)7-15-11-5-6-18-9-11/h1-4,11,15H,5-9H2,(H2,14,16). The highest BCUT2D eigenvalue weighted by molar-refractivity contribution is 7.99. The lowest BCUT2D eigenvalue weighted by atomic mass is 10.2. The molecule has 1 saturated heterocycles. The summed E-state index contributed by atoms with van der Waals surface area (Å²) in [6, 6.07) is 8.38. The highest BCUT2D eigenvalue weighted by Gasteiger charge is 2.14. The molecular weight excluding hydrogens is 248 g/mol. The summed E-state index contributed by atoms with van der Waals surface area (Å²) in [5.41, 5.74) is 6.23. The van der Waals surface area contributed by atoms with Crippen molar-refractivity contribution in [3.05, 3.63) is 29.8 Å². The second-order valence-corrected chi connectivity index (χ2v) is 5.49. The van der Waals surface area contributed by atoms with Gasteiger partial charge in [0.05, 0.1) is 0 Å². The Kier molecular flexibility index (Phi) is 4.90. The summed E-state index contributed by atoms with van der Waals surface area (Å²) in [6.07, 6.45) is 1.25. The second kappa shape index (κ2) is 6.66. The van der Waals surface area contributed by atoms with Gasteiger partial charge in [0.1, 0.15) is 5.75 Å². The fourth-order valence-electron chi connectivity index (χ4n) is 1.82. The van der Waals surface area contributed by atoms with Crippen molar-refractivity contribution < 1.29 is 9.53 Å². The van der Waals surface area contributed by atoms with Gasteiger partial charge >= 0.3 is 0 Å². The van der Waals surface area contributed by atoms with E-state index in [1.165, 1.54) is 23.5 Å². The Morgan fingerprint density at radius 2 is 2.22 bits per heavy atom. The van der Waals surface area contributed by atoms with E-state index in [1.54, 1.807) is 0 Å². The molecule has 1 amide bonds. The van der Waals surface area contributed by atoms with Crippen molar-refractivity contribution in [2.24, 2.45) is 5.73 Å². The Morgan fingerprint density at radius 1 is 1.44 bits per heavy atom. The molecule has 3 N–H and O–H groups in total. The SMILES string of the molecule is NC(=O)COc1ccc(CNC2CCSC2)cc1. The predicted molar refractivity (Wildman–Crippen MR) is 73.7 cm³/mol. The van der Waals surface area contributed by atoms with Gasteiger partial charge in [-0.1, -0.05) is 12.1 Å². The minimum absolute atomic E-state index is 0.0725. The summed E-state index contributed by atoms with van der Waals surface area (Å²) in [6.45, 7) is 0.804. The Morgan fingerprint density at radius 3 is 2.83 bits per heavy atom. The van der Waals surface area contributed by atoms with Crippen molar-refractivity contribution in [1.82, 2.24) is 5.32 Å². The summed E-state index contributed by atoms with van der Waals surface area (Å²) in [5, 5.41) is 3.53. The zero-order chi connectivity index (χ0) is 12.8. The molecule has 0 saturated carbocycles. The molecule has 1 heterocycles. The summed E-state index contributed by atoms with van der Waals surface area (Å²) in [4.78, 5) is 10.6. The van der Waals surface area contributed by atoms with Gasteiger partial charge in [-0.3, -0.25) is 4.79 Å². The van der Waals surface area contributed by atoms with Crippen LogP contribution in [0.2, 0.25) is 0 Å². The molecule has 1 aliphatic heterocycles. The van der Waals surface area contributed by atoms with Gasteiger partial charge in [-0.15, -0.1) is 0 Å². The summed E-state index contributed by atoms with van der Waals surface area (Å²) >= 11 is 2.00. The van der Waals surface area contributed by atoms with Crippen LogP contribution in [-0.4, -0.2) is 30.1 Å². The van der Waals surface area contributed by atoms with E-state index >= 15 is 0 Å². The summed E-state index contributed by atoms with van der Waals surface area (Å²) < 4.78 is 5.20. The lowest BCUT2D eigenvalue weighted by molar-refractivity contribution is -0.119. The van der Waals surface area contributed by atoms with E-state index in [0.717, 1.165) is 6.54 Å². The van der Waals surface area contributed by atoms with Crippen LogP contribution in [0.25, 0.3) is 0 Å². The highest BCUT2D eigenvalue weighted by atomic mass is 32.2. The predicted octanol–water partition coefficient (Wildman–Crippen LogP) is 1.15. The van der Waals surface area contributed by atoms with Crippen LogP contribution in [0.4, 0.5) is 0 Å². The molecule has 1 atom stereocenters. The smallest absolute Gasteiger partial charge is 0.255 e. The van der Waals surface area contributed by atoms with E-state index in [9.17, 15) is 4.79 Å². The topological polar surface area (TPSA) is 64.4 Å². The monoisotopic (exact) mass is 266 g/mol. The molecule has 0 radical (unpaired) electrons. The lowest BCUT2D eigenvalue weighted by Gasteiger charge is -2.11. The van der Waals surface area contributed by atoms with Crippen LogP contribution in [0.3, 0.4) is 0 Å². The third kappa shape index (κ3) is 4.23. The van der Waals surface area contributed by atoms with Crippen LogP contribution < -0.4 is 15.8 Å². The number of hydrogen-bond donors (Lipinski definition) is 2. The first-order valence-corrected chi connectivity index (χ1v) is 7.20. The molecule has 1 fully saturated rings. The fraction of sp³-hybridized carbons (Fsp3) is 0.462. The number of nitrogens with one attached hydrogen (secondary N) is 1. The summed E-state index contributed by atoms with van der Waals surface area (Å²) in [5.74, 6) is 2.69. The number of ether oxygens (including phenoxy) is 1. The molecule has 0 spiro atoms. The second-order valence-electron chi connectivity index (χ2n) is 4.34. The third-order valence-corrected chi connectivity index (χ3v) is 3.99. The van der Waals surface area contributed by atoms with Crippen molar-refractivity contribution in [2.75, 3.05) is 18.1 Å². The number of rotatable bonds is 6. The molecule has 0 bridgehead atoms. The highest BCUT2D eigenvalue weighted by Crippen LogP contribution is 2.18. The first kappa shape index (κ1) is 13.2. The quantitative estimate of drug-likeness (QED) is 0.810. The molecule has 18 heavy (non-hydrogen) atoms. The molecule has 1 aliphatic rings. The van der Waals surface area contributed by atoms with Crippen molar-refractivity contribution in [2.45, 2.75) is 19.0 Å². The number of thioether (sulfide) groups is 1. The van der Waals surface area contributed by atoms with Crippen molar-refractivity contribution in [3.63, 3.8) is 0 Å².